The summed E-state index contributed by atoms with van der Waals surface area (Å²) >= 11 is 0. The average molecular weight is 604 g/mol. The average Bonchev–Trinajstić information content (AvgIpc) is 2.93. The van der Waals surface area contributed by atoms with Crippen LogP contribution in [0.4, 0.5) is 0 Å². The van der Waals surface area contributed by atoms with Crippen LogP contribution >= 0.6 is 0 Å². The van der Waals surface area contributed by atoms with Crippen LogP contribution in [0.15, 0.2) is 47.0 Å². The molecule has 0 bridgehead atoms. The van der Waals surface area contributed by atoms with E-state index in [-0.39, 0.29) is 62.9 Å². The standard InChI is InChI=1S/C37H49NO4S/c1-32(2)16-18-37(23-43(41,42)24-12-10-9-11-13-24)19-17-36(7)30(25(37)21-32)27(39)20-29-34(5)22-26(38-8)31(40)33(3,4)28(34)14-15-35(29,36)6/h9-13,22,25,28-30H,14-21,23H2,1-7H3/t25-,28-,29+,30-,34-,35+,36+,37+/m0/s1. The largest absolute Gasteiger partial charge is 0.307 e. The van der Waals surface area contributed by atoms with Gasteiger partial charge in [0.15, 0.2) is 15.6 Å². The molecule has 6 heteroatoms. The first-order chi connectivity index (χ1) is 19.9. The number of carbonyl (C=O) groups excluding carboxylic acids is 2. The Morgan fingerprint density at radius 3 is 2.16 bits per heavy atom. The summed E-state index contributed by atoms with van der Waals surface area (Å²) in [6, 6.07) is 8.85. The van der Waals surface area contributed by atoms with E-state index < -0.39 is 26.1 Å². The molecule has 232 valence electrons. The molecule has 0 radical (unpaired) electrons. The molecule has 0 heterocycles. The molecular weight excluding hydrogens is 554 g/mol. The highest BCUT2D eigenvalue weighted by atomic mass is 32.2. The van der Waals surface area contributed by atoms with Crippen molar-refractivity contribution in [3.63, 3.8) is 0 Å². The lowest BCUT2D eigenvalue weighted by molar-refractivity contribution is -0.220. The minimum atomic E-state index is -3.52. The Balaban J connectivity index is 1.45. The summed E-state index contributed by atoms with van der Waals surface area (Å²) in [6.07, 6.45) is 8.56. The van der Waals surface area contributed by atoms with Crippen molar-refractivity contribution in [2.75, 3.05) is 5.75 Å². The van der Waals surface area contributed by atoms with Gasteiger partial charge in [0.05, 0.1) is 17.2 Å². The SMILES string of the molecule is [C-]#[N+]C1=C[C@]2(C)[C@H]3CC(=O)[C@@H]4[C@@H]5CC(C)(C)CC[C@]5(CS(=O)(=O)c5ccccc5)CC[C@@]4(C)[C@]3(C)CC[C@H]2C(C)(C)C1=O. The molecule has 1 aromatic rings. The number of nitrogens with zero attached hydrogens (tertiary/aromatic N) is 1. The van der Waals surface area contributed by atoms with Crippen LogP contribution in [0.25, 0.3) is 4.85 Å². The molecule has 5 aliphatic rings. The molecule has 5 aliphatic carbocycles. The second-order valence-electron chi connectivity index (χ2n) is 17.1. The number of ketones is 2. The van der Waals surface area contributed by atoms with Crippen LogP contribution in [0, 0.1) is 62.7 Å². The predicted molar refractivity (Wildman–Crippen MR) is 168 cm³/mol. The molecule has 4 fully saturated rings. The van der Waals surface area contributed by atoms with Crippen LogP contribution < -0.4 is 0 Å². The van der Waals surface area contributed by atoms with Gasteiger partial charge in [-0.15, -0.1) is 0 Å². The minimum absolute atomic E-state index is 0.0167. The van der Waals surface area contributed by atoms with Gasteiger partial charge in [-0.2, -0.15) is 0 Å². The number of carbonyl (C=O) groups is 2. The van der Waals surface area contributed by atoms with Crippen LogP contribution in [0.3, 0.4) is 0 Å². The fraction of sp³-hybridized carbons (Fsp3) is 0.703. The van der Waals surface area contributed by atoms with Crippen molar-refractivity contribution in [3.8, 4) is 0 Å². The number of benzene rings is 1. The highest BCUT2D eigenvalue weighted by Crippen LogP contribution is 2.76. The highest BCUT2D eigenvalue weighted by molar-refractivity contribution is 7.91. The lowest BCUT2D eigenvalue weighted by atomic mass is 9.32. The predicted octanol–water partition coefficient (Wildman–Crippen LogP) is 8.11. The van der Waals surface area contributed by atoms with E-state index in [0.717, 1.165) is 44.9 Å². The summed E-state index contributed by atoms with van der Waals surface area (Å²) in [7, 11) is -3.52. The van der Waals surface area contributed by atoms with Crippen LogP contribution in [0.1, 0.15) is 99.8 Å². The maximum Gasteiger partial charge on any atom is 0.226 e. The Labute approximate surface area is 259 Å². The number of Topliss-reactive ketones (excluding diaryl/α,β-unsaturated/α-hetero) is 2. The fourth-order valence-corrected chi connectivity index (χ4v) is 13.7. The fourth-order valence-electron chi connectivity index (χ4n) is 11.7. The number of allylic oxidation sites excluding steroid dienone is 2. The first kappa shape index (κ1) is 30.8. The minimum Gasteiger partial charge on any atom is -0.307 e. The molecule has 0 spiro atoms. The molecule has 43 heavy (non-hydrogen) atoms. The van der Waals surface area contributed by atoms with Crippen molar-refractivity contribution >= 4 is 21.4 Å². The van der Waals surface area contributed by atoms with Gasteiger partial charge in [0.25, 0.3) is 0 Å². The Morgan fingerprint density at radius 1 is 0.860 bits per heavy atom. The van der Waals surface area contributed by atoms with Crippen LogP contribution in [-0.2, 0) is 19.4 Å². The molecule has 8 atom stereocenters. The zero-order valence-corrected chi connectivity index (χ0v) is 27.9. The molecule has 0 saturated heterocycles. The smallest absolute Gasteiger partial charge is 0.226 e. The topological polar surface area (TPSA) is 72.6 Å². The highest BCUT2D eigenvalue weighted by Gasteiger charge is 2.72. The van der Waals surface area contributed by atoms with Crippen molar-refractivity contribution in [3.05, 3.63) is 53.5 Å². The van der Waals surface area contributed by atoms with E-state index in [1.165, 1.54) is 0 Å². The van der Waals surface area contributed by atoms with E-state index in [2.05, 4.69) is 39.5 Å². The van der Waals surface area contributed by atoms with Crippen LogP contribution in [0.2, 0.25) is 0 Å². The molecule has 0 unspecified atom stereocenters. The second-order valence-corrected chi connectivity index (χ2v) is 19.1. The lowest BCUT2D eigenvalue weighted by Crippen LogP contribution is -2.69. The third-order valence-electron chi connectivity index (χ3n) is 14.2. The van der Waals surface area contributed by atoms with Gasteiger partial charge < -0.3 is 4.79 Å². The molecule has 0 amide bonds. The van der Waals surface area contributed by atoms with E-state index in [4.69, 9.17) is 6.57 Å². The lowest BCUT2D eigenvalue weighted by Gasteiger charge is -2.72. The van der Waals surface area contributed by atoms with Crippen molar-refractivity contribution in [1.29, 1.82) is 0 Å². The molecule has 0 aliphatic heterocycles. The first-order valence-corrected chi connectivity index (χ1v) is 18.0. The first-order valence-electron chi connectivity index (χ1n) is 16.3. The van der Waals surface area contributed by atoms with Gasteiger partial charge in [0.1, 0.15) is 5.78 Å². The monoisotopic (exact) mass is 603 g/mol. The van der Waals surface area contributed by atoms with E-state index in [0.29, 0.717) is 11.3 Å². The van der Waals surface area contributed by atoms with Crippen molar-refractivity contribution < 1.29 is 18.0 Å². The van der Waals surface area contributed by atoms with Crippen LogP contribution in [-0.4, -0.2) is 25.7 Å². The van der Waals surface area contributed by atoms with Gasteiger partial charge in [-0.1, -0.05) is 72.7 Å². The molecule has 4 saturated carbocycles. The maximum atomic E-state index is 14.8. The van der Waals surface area contributed by atoms with Gasteiger partial charge in [0.2, 0.25) is 5.70 Å². The Kier molecular flexibility index (Phi) is 6.71. The summed E-state index contributed by atoms with van der Waals surface area (Å²) in [5.41, 5.74) is -1.65. The van der Waals surface area contributed by atoms with E-state index >= 15 is 0 Å². The van der Waals surface area contributed by atoms with E-state index in [1.807, 2.05) is 26.0 Å². The zero-order valence-electron chi connectivity index (χ0n) is 27.1. The van der Waals surface area contributed by atoms with Gasteiger partial charge in [-0.3, -0.25) is 4.79 Å². The van der Waals surface area contributed by atoms with Crippen molar-refractivity contribution in [2.24, 2.45) is 56.2 Å². The summed E-state index contributed by atoms with van der Waals surface area (Å²) in [5, 5.41) is 0. The van der Waals surface area contributed by atoms with Gasteiger partial charge in [0, 0.05) is 17.8 Å². The second kappa shape index (κ2) is 9.38. The summed E-state index contributed by atoms with van der Waals surface area (Å²) < 4.78 is 27.9. The molecule has 1 aromatic carbocycles. The Morgan fingerprint density at radius 2 is 1.51 bits per heavy atom. The van der Waals surface area contributed by atoms with Crippen molar-refractivity contribution in [1.82, 2.24) is 0 Å². The van der Waals surface area contributed by atoms with Crippen molar-refractivity contribution in [2.45, 2.75) is 105 Å². The summed E-state index contributed by atoms with van der Waals surface area (Å²) in [5.74, 6) is 0.274. The number of rotatable bonds is 3. The van der Waals surface area contributed by atoms with Crippen LogP contribution in [0.5, 0.6) is 0 Å². The number of fused-ring (bicyclic) bond motifs is 7. The Bertz CT molecular complexity index is 1550. The molecule has 5 nitrogen and oxygen atoms in total. The number of hydrogen-bond acceptors (Lipinski definition) is 4. The normalized spacial score (nSPS) is 43.3. The quantitative estimate of drug-likeness (QED) is 0.327. The number of sulfone groups is 1. The third-order valence-corrected chi connectivity index (χ3v) is 16.2. The van der Waals surface area contributed by atoms with Gasteiger partial charge in [-0.05, 0) is 102 Å². The molecule has 0 aromatic heterocycles. The molecule has 6 rings (SSSR count). The molecular formula is C37H49NO4S. The summed E-state index contributed by atoms with van der Waals surface area (Å²) in [6.45, 7) is 23.4. The number of hydrogen-bond donors (Lipinski definition) is 0. The van der Waals surface area contributed by atoms with E-state index in [9.17, 15) is 18.0 Å². The Hall–Kier alpha value is -2.26. The third kappa shape index (κ3) is 4.15. The zero-order chi connectivity index (χ0) is 31.4. The molecule has 0 N–H and O–H groups in total. The van der Waals surface area contributed by atoms with Gasteiger partial charge in [-0.25, -0.2) is 13.3 Å². The van der Waals surface area contributed by atoms with E-state index in [1.54, 1.807) is 24.3 Å². The maximum absolute atomic E-state index is 14.8. The van der Waals surface area contributed by atoms with Gasteiger partial charge >= 0.3 is 0 Å². The summed E-state index contributed by atoms with van der Waals surface area (Å²) in [4.78, 5) is 32.2.